The van der Waals surface area contributed by atoms with E-state index in [0.717, 1.165) is 5.56 Å². The molecule has 0 bridgehead atoms. The summed E-state index contributed by atoms with van der Waals surface area (Å²) in [6, 6.07) is 5.59. The summed E-state index contributed by atoms with van der Waals surface area (Å²) in [6.07, 6.45) is 0. The van der Waals surface area contributed by atoms with Crippen molar-refractivity contribution in [3.8, 4) is 5.75 Å². The van der Waals surface area contributed by atoms with E-state index in [-0.39, 0.29) is 5.75 Å². The van der Waals surface area contributed by atoms with Gasteiger partial charge in [-0.25, -0.2) is 0 Å². The summed E-state index contributed by atoms with van der Waals surface area (Å²) in [5.74, 6) is 0.820. The summed E-state index contributed by atoms with van der Waals surface area (Å²) in [5, 5.41) is 13.6. The minimum Gasteiger partial charge on any atom is -0.508 e. The highest BCUT2D eigenvalue weighted by atomic mass is 35.5. The second-order valence-electron chi connectivity index (χ2n) is 4.15. The standard InChI is InChI=1S/C12H18ClNO/c1-8(2)9(3)14-7-10-11(13)5-4-6-12(10)15/h4-6,8-9,14-15H,7H2,1-3H3/t9-/m1/s1. The summed E-state index contributed by atoms with van der Waals surface area (Å²) < 4.78 is 0. The van der Waals surface area contributed by atoms with E-state index < -0.39 is 0 Å². The van der Waals surface area contributed by atoms with E-state index in [1.54, 1.807) is 18.2 Å². The van der Waals surface area contributed by atoms with Crippen LogP contribution in [0.2, 0.25) is 5.02 Å². The number of halogens is 1. The number of rotatable bonds is 4. The van der Waals surface area contributed by atoms with Crippen molar-refractivity contribution >= 4 is 11.6 Å². The van der Waals surface area contributed by atoms with E-state index >= 15 is 0 Å². The van der Waals surface area contributed by atoms with Crippen LogP contribution in [0.15, 0.2) is 18.2 Å². The maximum Gasteiger partial charge on any atom is 0.121 e. The van der Waals surface area contributed by atoms with Gasteiger partial charge in [-0.3, -0.25) is 0 Å². The molecule has 0 saturated heterocycles. The second-order valence-corrected chi connectivity index (χ2v) is 4.56. The number of phenols is 1. The number of hydrogen-bond donors (Lipinski definition) is 2. The molecule has 2 N–H and O–H groups in total. The molecule has 1 rings (SSSR count). The molecule has 1 aromatic rings. The average molecular weight is 228 g/mol. The molecule has 0 fully saturated rings. The smallest absolute Gasteiger partial charge is 0.121 e. The second kappa shape index (κ2) is 5.38. The number of phenolic OH excluding ortho intramolecular Hbond substituents is 1. The van der Waals surface area contributed by atoms with Crippen molar-refractivity contribution in [1.29, 1.82) is 0 Å². The number of hydrogen-bond acceptors (Lipinski definition) is 2. The van der Waals surface area contributed by atoms with Gasteiger partial charge in [0.25, 0.3) is 0 Å². The van der Waals surface area contributed by atoms with E-state index in [9.17, 15) is 5.11 Å². The minimum absolute atomic E-state index is 0.256. The lowest BCUT2D eigenvalue weighted by Crippen LogP contribution is -2.30. The lowest BCUT2D eigenvalue weighted by molar-refractivity contribution is 0.415. The Morgan fingerprint density at radius 2 is 2.00 bits per heavy atom. The van der Waals surface area contributed by atoms with Gasteiger partial charge in [0.15, 0.2) is 0 Å². The van der Waals surface area contributed by atoms with Gasteiger partial charge in [-0.05, 0) is 25.0 Å². The van der Waals surface area contributed by atoms with Crippen molar-refractivity contribution in [3.63, 3.8) is 0 Å². The van der Waals surface area contributed by atoms with Crippen molar-refractivity contribution in [1.82, 2.24) is 5.32 Å². The van der Waals surface area contributed by atoms with Gasteiger partial charge in [0.05, 0.1) is 0 Å². The molecule has 15 heavy (non-hydrogen) atoms. The number of aromatic hydroxyl groups is 1. The van der Waals surface area contributed by atoms with Gasteiger partial charge in [0.1, 0.15) is 5.75 Å². The molecule has 0 aliphatic heterocycles. The average Bonchev–Trinajstić information content (AvgIpc) is 2.16. The van der Waals surface area contributed by atoms with Crippen LogP contribution in [0, 0.1) is 5.92 Å². The van der Waals surface area contributed by atoms with Crippen molar-refractivity contribution in [3.05, 3.63) is 28.8 Å². The van der Waals surface area contributed by atoms with Gasteiger partial charge in [-0.15, -0.1) is 0 Å². The third kappa shape index (κ3) is 3.40. The normalized spacial score (nSPS) is 13.1. The Kier molecular flexibility index (Phi) is 4.43. The fourth-order valence-corrected chi connectivity index (χ4v) is 1.46. The van der Waals surface area contributed by atoms with E-state index in [4.69, 9.17) is 11.6 Å². The molecule has 84 valence electrons. The molecular weight excluding hydrogens is 210 g/mol. The zero-order valence-electron chi connectivity index (χ0n) is 9.42. The molecule has 2 nitrogen and oxygen atoms in total. The van der Waals surface area contributed by atoms with Crippen LogP contribution in [0.25, 0.3) is 0 Å². The van der Waals surface area contributed by atoms with Gasteiger partial charge in [-0.2, -0.15) is 0 Å². The molecule has 0 radical (unpaired) electrons. The topological polar surface area (TPSA) is 32.3 Å². The zero-order valence-corrected chi connectivity index (χ0v) is 10.2. The van der Waals surface area contributed by atoms with Crippen molar-refractivity contribution in [2.75, 3.05) is 0 Å². The molecule has 0 aromatic heterocycles. The molecule has 0 aliphatic carbocycles. The van der Waals surface area contributed by atoms with Gasteiger partial charge >= 0.3 is 0 Å². The summed E-state index contributed by atoms with van der Waals surface area (Å²) in [7, 11) is 0. The maximum absolute atomic E-state index is 9.62. The summed E-state index contributed by atoms with van der Waals surface area (Å²) >= 11 is 5.99. The predicted octanol–water partition coefficient (Wildman–Crippen LogP) is 3.18. The third-order valence-electron chi connectivity index (χ3n) is 2.69. The first-order valence-corrected chi connectivity index (χ1v) is 5.60. The van der Waals surface area contributed by atoms with Gasteiger partial charge < -0.3 is 10.4 Å². The maximum atomic E-state index is 9.62. The van der Waals surface area contributed by atoms with E-state index in [0.29, 0.717) is 23.5 Å². The molecule has 0 heterocycles. The van der Waals surface area contributed by atoms with Crippen molar-refractivity contribution < 1.29 is 5.11 Å². The van der Waals surface area contributed by atoms with Crippen LogP contribution in [0.1, 0.15) is 26.3 Å². The SMILES string of the molecule is CC(C)[C@@H](C)NCc1c(O)cccc1Cl. The highest BCUT2D eigenvalue weighted by molar-refractivity contribution is 6.31. The van der Waals surface area contributed by atoms with Gasteiger partial charge in [-0.1, -0.05) is 31.5 Å². The Morgan fingerprint density at radius 3 is 2.53 bits per heavy atom. The predicted molar refractivity (Wildman–Crippen MR) is 64.3 cm³/mol. The first kappa shape index (κ1) is 12.3. The molecule has 0 unspecified atom stereocenters. The largest absolute Gasteiger partial charge is 0.508 e. The zero-order chi connectivity index (χ0) is 11.4. The van der Waals surface area contributed by atoms with E-state index in [2.05, 4.69) is 26.1 Å². The molecule has 3 heteroatoms. The number of nitrogens with one attached hydrogen (secondary N) is 1. The fraction of sp³-hybridized carbons (Fsp3) is 0.500. The lowest BCUT2D eigenvalue weighted by atomic mass is 10.1. The highest BCUT2D eigenvalue weighted by Gasteiger charge is 2.09. The van der Waals surface area contributed by atoms with Gasteiger partial charge in [0.2, 0.25) is 0 Å². The molecule has 0 saturated carbocycles. The Bertz CT molecular complexity index is 305. The van der Waals surface area contributed by atoms with Crippen molar-refractivity contribution in [2.24, 2.45) is 5.92 Å². The Morgan fingerprint density at radius 1 is 1.33 bits per heavy atom. The van der Waals surface area contributed by atoms with Gasteiger partial charge in [0, 0.05) is 23.2 Å². The molecule has 1 aromatic carbocycles. The van der Waals surface area contributed by atoms with E-state index in [1.807, 2.05) is 0 Å². The Hall–Kier alpha value is -0.730. The first-order chi connectivity index (χ1) is 7.02. The lowest BCUT2D eigenvalue weighted by Gasteiger charge is -2.18. The third-order valence-corrected chi connectivity index (χ3v) is 3.05. The molecule has 1 atom stereocenters. The van der Waals surface area contributed by atoms with Crippen molar-refractivity contribution in [2.45, 2.75) is 33.4 Å². The molecular formula is C12H18ClNO. The van der Waals surface area contributed by atoms with Crippen LogP contribution in [0.5, 0.6) is 5.75 Å². The molecule has 0 spiro atoms. The molecule has 0 aliphatic rings. The van der Waals surface area contributed by atoms with Crippen LogP contribution in [-0.4, -0.2) is 11.1 Å². The fourth-order valence-electron chi connectivity index (χ4n) is 1.22. The van der Waals surface area contributed by atoms with Crippen LogP contribution in [0.4, 0.5) is 0 Å². The Labute approximate surface area is 96.3 Å². The number of benzene rings is 1. The Balaban J connectivity index is 2.65. The first-order valence-electron chi connectivity index (χ1n) is 5.22. The quantitative estimate of drug-likeness (QED) is 0.828. The van der Waals surface area contributed by atoms with Crippen LogP contribution in [0.3, 0.4) is 0 Å². The van der Waals surface area contributed by atoms with Crippen LogP contribution < -0.4 is 5.32 Å². The van der Waals surface area contributed by atoms with E-state index in [1.165, 1.54) is 0 Å². The summed E-state index contributed by atoms with van der Waals surface area (Å²) in [5.41, 5.74) is 0.770. The minimum atomic E-state index is 0.256. The summed E-state index contributed by atoms with van der Waals surface area (Å²) in [4.78, 5) is 0. The van der Waals surface area contributed by atoms with Crippen LogP contribution >= 0.6 is 11.6 Å². The van der Waals surface area contributed by atoms with Crippen LogP contribution in [-0.2, 0) is 6.54 Å². The molecule has 0 amide bonds. The summed E-state index contributed by atoms with van der Waals surface area (Å²) in [6.45, 7) is 7.04. The highest BCUT2D eigenvalue weighted by Crippen LogP contribution is 2.25. The monoisotopic (exact) mass is 227 g/mol.